The minimum absolute atomic E-state index is 0.157. The van der Waals surface area contributed by atoms with Gasteiger partial charge in [-0.15, -0.1) is 0 Å². The zero-order valence-corrected chi connectivity index (χ0v) is 17.4. The van der Waals surface area contributed by atoms with Crippen LogP contribution in [0.3, 0.4) is 0 Å². The third kappa shape index (κ3) is 6.31. The van der Waals surface area contributed by atoms with Gasteiger partial charge in [0.15, 0.2) is 0 Å². The fourth-order valence-corrected chi connectivity index (χ4v) is 3.46. The predicted octanol–water partition coefficient (Wildman–Crippen LogP) is 4.65. The number of rotatable bonds is 6. The van der Waals surface area contributed by atoms with Gasteiger partial charge in [-0.25, -0.2) is 0 Å². The molecule has 0 amide bonds. The number of pyridine rings is 1. The summed E-state index contributed by atoms with van der Waals surface area (Å²) in [5.41, 5.74) is 4.67. The summed E-state index contributed by atoms with van der Waals surface area (Å²) >= 11 is 1.72. The van der Waals surface area contributed by atoms with Crippen LogP contribution in [0.15, 0.2) is 59.4 Å². The van der Waals surface area contributed by atoms with Gasteiger partial charge >= 0.3 is 0 Å². The topological polar surface area (TPSA) is 45.1 Å². The Kier molecular flexibility index (Phi) is 6.64. The zero-order valence-electron chi connectivity index (χ0n) is 16.6. The zero-order chi connectivity index (χ0) is 20.0. The summed E-state index contributed by atoms with van der Waals surface area (Å²) in [5.74, 6) is 5.85. The van der Waals surface area contributed by atoms with Gasteiger partial charge in [0.25, 0.3) is 0 Å². The van der Waals surface area contributed by atoms with Crippen LogP contribution in [0, 0.1) is 18.8 Å². The lowest BCUT2D eigenvalue weighted by Gasteiger charge is -2.18. The molecule has 3 nitrogen and oxygen atoms in total. The highest BCUT2D eigenvalue weighted by Crippen LogP contribution is 2.19. The van der Waals surface area contributed by atoms with E-state index in [-0.39, 0.29) is 6.04 Å². The number of aromatic nitrogens is 1. The Morgan fingerprint density at radius 2 is 1.89 bits per heavy atom. The molecule has 0 aliphatic heterocycles. The highest BCUT2D eigenvalue weighted by atomic mass is 32.1. The van der Waals surface area contributed by atoms with Crippen LogP contribution in [0.4, 0.5) is 0 Å². The predicted molar refractivity (Wildman–Crippen MR) is 116 cm³/mol. The monoisotopic (exact) mass is 390 g/mol. The van der Waals surface area contributed by atoms with Crippen molar-refractivity contribution in [2.45, 2.75) is 45.4 Å². The van der Waals surface area contributed by atoms with Crippen LogP contribution >= 0.6 is 11.3 Å². The van der Waals surface area contributed by atoms with Gasteiger partial charge in [0.05, 0.1) is 11.7 Å². The lowest BCUT2D eigenvalue weighted by atomic mass is 10.0. The van der Waals surface area contributed by atoms with E-state index in [1.165, 1.54) is 16.7 Å². The molecule has 1 atom stereocenters. The summed E-state index contributed by atoms with van der Waals surface area (Å²) in [4.78, 5) is 4.63. The molecule has 28 heavy (non-hydrogen) atoms. The largest absolute Gasteiger partial charge is 0.378 e. The Balaban J connectivity index is 1.69. The summed E-state index contributed by atoms with van der Waals surface area (Å²) in [6.07, 6.45) is 2.84. The molecule has 2 aromatic heterocycles. The van der Waals surface area contributed by atoms with Crippen molar-refractivity contribution < 1.29 is 5.11 Å². The molecular formula is C24H26N2OS. The van der Waals surface area contributed by atoms with E-state index < -0.39 is 5.60 Å². The van der Waals surface area contributed by atoms with E-state index in [1.807, 2.05) is 18.3 Å². The highest BCUT2D eigenvalue weighted by molar-refractivity contribution is 7.07. The second-order valence-corrected chi connectivity index (χ2v) is 8.32. The minimum Gasteiger partial charge on any atom is -0.378 e. The first-order valence-electron chi connectivity index (χ1n) is 9.40. The van der Waals surface area contributed by atoms with Crippen molar-refractivity contribution in [3.8, 4) is 11.8 Å². The molecule has 0 radical (unpaired) electrons. The molecule has 0 saturated heterocycles. The van der Waals surface area contributed by atoms with E-state index in [1.54, 1.807) is 25.2 Å². The van der Waals surface area contributed by atoms with Gasteiger partial charge in [-0.2, -0.15) is 11.3 Å². The van der Waals surface area contributed by atoms with Crippen LogP contribution in [0.5, 0.6) is 0 Å². The smallest absolute Gasteiger partial charge is 0.120 e. The van der Waals surface area contributed by atoms with Crippen LogP contribution in [-0.4, -0.2) is 15.7 Å². The van der Waals surface area contributed by atoms with Crippen molar-refractivity contribution in [1.82, 2.24) is 10.3 Å². The Labute approximate surface area is 171 Å². The average molecular weight is 391 g/mol. The van der Waals surface area contributed by atoms with Crippen molar-refractivity contribution in [3.63, 3.8) is 0 Å². The molecule has 2 heterocycles. The number of aryl methyl sites for hydroxylation is 1. The molecule has 1 unspecified atom stereocenters. The highest BCUT2D eigenvalue weighted by Gasteiger charge is 2.14. The summed E-state index contributed by atoms with van der Waals surface area (Å²) in [6.45, 7) is 6.18. The average Bonchev–Trinajstić information content (AvgIpc) is 3.18. The molecule has 2 N–H and O–H groups in total. The van der Waals surface area contributed by atoms with Crippen LogP contribution in [0.25, 0.3) is 0 Å². The van der Waals surface area contributed by atoms with Gasteiger partial charge in [-0.1, -0.05) is 30.0 Å². The standard InChI is InChI=1S/C24H26N2OS/c1-18-4-9-22(25-15-18)23(14-21-11-13-28-17-21)26-16-20-7-5-19(6-8-20)10-12-24(2,3)27/h4-9,11,13,15,17,23,26-27H,14,16H2,1-3H3. The van der Waals surface area contributed by atoms with Gasteiger partial charge in [0.1, 0.15) is 5.60 Å². The first-order chi connectivity index (χ1) is 13.4. The van der Waals surface area contributed by atoms with Gasteiger partial charge in [0, 0.05) is 18.3 Å². The molecule has 1 aromatic carbocycles. The molecule has 0 saturated carbocycles. The maximum Gasteiger partial charge on any atom is 0.120 e. The fourth-order valence-electron chi connectivity index (χ4n) is 2.78. The summed E-state index contributed by atoms with van der Waals surface area (Å²) in [7, 11) is 0. The Bertz CT molecular complexity index is 928. The van der Waals surface area contributed by atoms with Crippen molar-refractivity contribution in [3.05, 3.63) is 87.4 Å². The van der Waals surface area contributed by atoms with Gasteiger partial charge in [-0.3, -0.25) is 4.98 Å². The molecule has 144 valence electrons. The molecular weight excluding hydrogens is 364 g/mol. The summed E-state index contributed by atoms with van der Waals surface area (Å²) in [6, 6.07) is 14.7. The Morgan fingerprint density at radius 3 is 2.50 bits per heavy atom. The maximum atomic E-state index is 9.72. The summed E-state index contributed by atoms with van der Waals surface area (Å²) < 4.78 is 0. The first kappa shape index (κ1) is 20.3. The van der Waals surface area contributed by atoms with Crippen molar-refractivity contribution >= 4 is 11.3 Å². The normalized spacial score (nSPS) is 12.3. The number of aliphatic hydroxyl groups is 1. The molecule has 4 heteroatoms. The molecule has 0 spiro atoms. The number of benzene rings is 1. The quantitative estimate of drug-likeness (QED) is 0.602. The molecule has 3 aromatic rings. The van der Waals surface area contributed by atoms with E-state index >= 15 is 0 Å². The first-order valence-corrected chi connectivity index (χ1v) is 10.3. The second kappa shape index (κ2) is 9.16. The lowest BCUT2D eigenvalue weighted by Crippen LogP contribution is -2.23. The molecule has 3 rings (SSSR count). The Morgan fingerprint density at radius 1 is 1.11 bits per heavy atom. The van der Waals surface area contributed by atoms with Crippen LogP contribution in [-0.2, 0) is 13.0 Å². The fraction of sp³-hybridized carbons (Fsp3) is 0.292. The van der Waals surface area contributed by atoms with Crippen molar-refractivity contribution in [1.29, 1.82) is 0 Å². The second-order valence-electron chi connectivity index (χ2n) is 7.54. The number of hydrogen-bond donors (Lipinski definition) is 2. The minimum atomic E-state index is -0.976. The number of thiophene rings is 1. The third-order valence-corrected chi connectivity index (χ3v) is 5.06. The summed E-state index contributed by atoms with van der Waals surface area (Å²) in [5, 5.41) is 17.7. The van der Waals surface area contributed by atoms with Crippen LogP contribution < -0.4 is 5.32 Å². The SMILES string of the molecule is Cc1ccc(C(Cc2ccsc2)NCc2ccc(C#CC(C)(C)O)cc2)nc1. The molecule has 0 aliphatic carbocycles. The van der Waals surface area contributed by atoms with E-state index in [4.69, 9.17) is 0 Å². The maximum absolute atomic E-state index is 9.72. The van der Waals surface area contributed by atoms with Crippen LogP contribution in [0.2, 0.25) is 0 Å². The van der Waals surface area contributed by atoms with E-state index in [9.17, 15) is 5.11 Å². The molecule has 0 fully saturated rings. The van der Waals surface area contributed by atoms with Gasteiger partial charge < -0.3 is 10.4 Å². The van der Waals surface area contributed by atoms with E-state index in [0.29, 0.717) is 0 Å². The number of hydrogen-bond acceptors (Lipinski definition) is 4. The van der Waals surface area contributed by atoms with E-state index in [2.05, 4.69) is 70.2 Å². The number of nitrogens with one attached hydrogen (secondary N) is 1. The van der Waals surface area contributed by atoms with Crippen LogP contribution in [0.1, 0.15) is 47.8 Å². The third-order valence-electron chi connectivity index (χ3n) is 4.33. The lowest BCUT2D eigenvalue weighted by molar-refractivity contribution is 0.143. The van der Waals surface area contributed by atoms with Gasteiger partial charge in [-0.05, 0) is 78.9 Å². The Hall–Kier alpha value is -2.45. The number of nitrogens with zero attached hydrogens (tertiary/aromatic N) is 1. The van der Waals surface area contributed by atoms with Crippen molar-refractivity contribution in [2.75, 3.05) is 0 Å². The van der Waals surface area contributed by atoms with Gasteiger partial charge in [0.2, 0.25) is 0 Å². The van der Waals surface area contributed by atoms with E-state index in [0.717, 1.165) is 24.2 Å². The molecule has 0 aliphatic rings. The molecule has 0 bridgehead atoms. The van der Waals surface area contributed by atoms with Crippen molar-refractivity contribution in [2.24, 2.45) is 0 Å².